The molecule has 2 aliphatic rings. The number of carbonyl (C=O) groups excluding carboxylic acids is 2. The van der Waals surface area contributed by atoms with E-state index < -0.39 is 17.9 Å². The zero-order chi connectivity index (χ0) is 27.6. The number of nitrogens with one attached hydrogen (secondary N) is 1. The molecule has 1 aromatic heterocycles. The zero-order valence-electron chi connectivity index (χ0n) is 21.6. The molecule has 1 saturated heterocycles. The highest BCUT2D eigenvalue weighted by molar-refractivity contribution is 7.22. The highest BCUT2D eigenvalue weighted by Gasteiger charge is 2.48. The maximum Gasteiger partial charge on any atom is 0.330 e. The number of aromatic nitrogens is 1. The SMILES string of the molecule is COC(=O)C1CCC(OC(F)(C(=O)Cc2ccc(Nc3nc4c(Cl)cccc4s3)c(Cl)c2)N2CCCC2)CC1. The molecule has 0 bridgehead atoms. The standard InChI is InChI=1S/C28H30Cl2FN3O4S/c1-37-26(36)18-8-10-19(11-9-18)38-28(31,34-13-2-3-14-34)24(35)16-17-7-12-22(21(30)15-17)32-27-33-25-20(29)5-4-6-23(25)39-27/h4-7,12,15,18-19H,2-3,8-11,13-14,16H2,1H3,(H,32,33). The normalized spacial score (nSPS) is 21.5. The summed E-state index contributed by atoms with van der Waals surface area (Å²) in [7, 11) is 1.37. The molecule has 39 heavy (non-hydrogen) atoms. The van der Waals surface area contributed by atoms with E-state index in [-0.39, 0.29) is 18.3 Å². The number of hydrogen-bond acceptors (Lipinski definition) is 8. The number of anilines is 2. The van der Waals surface area contributed by atoms with E-state index in [9.17, 15) is 9.59 Å². The van der Waals surface area contributed by atoms with Crippen molar-refractivity contribution in [2.45, 2.75) is 57.0 Å². The van der Waals surface area contributed by atoms with E-state index in [0.717, 1.165) is 17.5 Å². The minimum Gasteiger partial charge on any atom is -0.469 e. The summed E-state index contributed by atoms with van der Waals surface area (Å²) in [5, 5.41) is 4.80. The molecule has 2 fully saturated rings. The molecular weight excluding hydrogens is 564 g/mol. The van der Waals surface area contributed by atoms with Crippen LogP contribution in [0.4, 0.5) is 15.2 Å². The van der Waals surface area contributed by atoms with Crippen LogP contribution in [0.2, 0.25) is 10.0 Å². The second-order valence-electron chi connectivity index (χ2n) is 10.0. The maximum absolute atomic E-state index is 16.5. The van der Waals surface area contributed by atoms with E-state index in [2.05, 4.69) is 10.3 Å². The van der Waals surface area contributed by atoms with Gasteiger partial charge in [0.1, 0.15) is 5.52 Å². The average Bonchev–Trinajstić information content (AvgIpc) is 3.61. The predicted octanol–water partition coefficient (Wildman–Crippen LogP) is 6.93. The van der Waals surface area contributed by atoms with Crippen molar-refractivity contribution in [2.24, 2.45) is 5.92 Å². The van der Waals surface area contributed by atoms with Gasteiger partial charge in [0.15, 0.2) is 5.13 Å². The third-order valence-corrected chi connectivity index (χ3v) is 8.95. The summed E-state index contributed by atoms with van der Waals surface area (Å²) in [4.78, 5) is 31.3. The molecule has 3 aromatic rings. The number of likely N-dealkylation sites (tertiary alicyclic amines) is 1. The highest BCUT2D eigenvalue weighted by Crippen LogP contribution is 2.36. The van der Waals surface area contributed by atoms with Gasteiger partial charge in [-0.15, -0.1) is 0 Å². The Morgan fingerprint density at radius 2 is 1.87 bits per heavy atom. The molecule has 1 atom stereocenters. The van der Waals surface area contributed by atoms with Gasteiger partial charge in [0.2, 0.25) is 5.78 Å². The Labute approximate surface area is 240 Å². The van der Waals surface area contributed by atoms with Crippen molar-refractivity contribution in [2.75, 3.05) is 25.5 Å². The minimum atomic E-state index is -2.52. The molecule has 1 unspecified atom stereocenters. The number of thiazole rings is 1. The second-order valence-corrected chi connectivity index (χ2v) is 11.9. The van der Waals surface area contributed by atoms with Crippen LogP contribution >= 0.6 is 34.5 Å². The number of carbonyl (C=O) groups is 2. The van der Waals surface area contributed by atoms with E-state index in [4.69, 9.17) is 32.7 Å². The maximum atomic E-state index is 16.5. The molecule has 1 aliphatic carbocycles. The summed E-state index contributed by atoms with van der Waals surface area (Å²) in [6, 6.07) is 10.8. The van der Waals surface area contributed by atoms with Gasteiger partial charge in [-0.05, 0) is 68.4 Å². The molecule has 0 radical (unpaired) electrons. The van der Waals surface area contributed by atoms with Gasteiger partial charge in [-0.25, -0.2) is 9.88 Å². The number of esters is 1. The van der Waals surface area contributed by atoms with Crippen molar-refractivity contribution in [3.8, 4) is 0 Å². The third-order valence-electron chi connectivity index (χ3n) is 7.40. The molecule has 1 N–H and O–H groups in total. The molecule has 0 amide bonds. The molecule has 2 aromatic carbocycles. The van der Waals surface area contributed by atoms with Crippen molar-refractivity contribution in [3.05, 3.63) is 52.0 Å². The number of Topliss-reactive ketones (excluding diaryl/α,β-unsaturated/α-hetero) is 1. The first kappa shape index (κ1) is 28.2. The van der Waals surface area contributed by atoms with Crippen molar-refractivity contribution < 1.29 is 23.5 Å². The summed E-state index contributed by atoms with van der Waals surface area (Å²) >= 11 is 14.2. The largest absolute Gasteiger partial charge is 0.469 e. The van der Waals surface area contributed by atoms with Crippen molar-refractivity contribution in [1.82, 2.24) is 9.88 Å². The Morgan fingerprint density at radius 3 is 2.54 bits per heavy atom. The van der Waals surface area contributed by atoms with E-state index in [0.29, 0.717) is 70.7 Å². The number of benzene rings is 2. The number of nitrogens with zero attached hydrogens (tertiary/aromatic N) is 2. The predicted molar refractivity (Wildman–Crippen MR) is 152 cm³/mol. The summed E-state index contributed by atoms with van der Waals surface area (Å²) in [5.41, 5.74) is 1.92. The molecule has 208 valence electrons. The first-order valence-electron chi connectivity index (χ1n) is 13.1. The van der Waals surface area contributed by atoms with Gasteiger partial charge in [-0.2, -0.15) is 4.39 Å². The molecule has 11 heteroatoms. The lowest BCUT2D eigenvalue weighted by molar-refractivity contribution is -0.252. The van der Waals surface area contributed by atoms with Gasteiger partial charge in [-0.1, -0.05) is 46.7 Å². The topological polar surface area (TPSA) is 80.8 Å². The Morgan fingerprint density at radius 1 is 1.13 bits per heavy atom. The quantitative estimate of drug-likeness (QED) is 0.213. The summed E-state index contributed by atoms with van der Waals surface area (Å²) in [6.45, 7) is 0.908. The second kappa shape index (κ2) is 12.1. The molecular formula is C28H30Cl2FN3O4S. The Balaban J connectivity index is 1.27. The lowest BCUT2D eigenvalue weighted by Crippen LogP contribution is -2.54. The van der Waals surface area contributed by atoms with Gasteiger partial charge in [0.25, 0.3) is 0 Å². The Bertz CT molecular complexity index is 1360. The average molecular weight is 595 g/mol. The van der Waals surface area contributed by atoms with Crippen LogP contribution in [0.1, 0.15) is 44.1 Å². The Hall–Kier alpha value is -2.30. The van der Waals surface area contributed by atoms with Crippen LogP contribution in [0.15, 0.2) is 36.4 Å². The van der Waals surface area contributed by atoms with Crippen LogP contribution < -0.4 is 5.32 Å². The molecule has 1 aliphatic heterocycles. The lowest BCUT2D eigenvalue weighted by Gasteiger charge is -2.37. The van der Waals surface area contributed by atoms with E-state index in [1.807, 2.05) is 12.1 Å². The van der Waals surface area contributed by atoms with E-state index in [1.54, 1.807) is 24.3 Å². The number of ether oxygens (including phenoxy) is 2. The van der Waals surface area contributed by atoms with Gasteiger partial charge in [0.05, 0.1) is 39.6 Å². The van der Waals surface area contributed by atoms with Gasteiger partial charge in [0, 0.05) is 19.5 Å². The van der Waals surface area contributed by atoms with E-state index >= 15 is 4.39 Å². The number of alkyl halides is 1. The first-order chi connectivity index (χ1) is 18.8. The number of methoxy groups -OCH3 is 1. The first-order valence-corrected chi connectivity index (χ1v) is 14.7. The summed E-state index contributed by atoms with van der Waals surface area (Å²) < 4.78 is 28.2. The van der Waals surface area contributed by atoms with Crippen LogP contribution in [0, 0.1) is 5.92 Å². The van der Waals surface area contributed by atoms with Crippen molar-refractivity contribution >= 4 is 67.3 Å². The molecule has 0 spiro atoms. The van der Waals surface area contributed by atoms with Gasteiger partial charge < -0.3 is 14.8 Å². The molecule has 5 rings (SSSR count). The number of para-hydroxylation sites is 1. The smallest absolute Gasteiger partial charge is 0.330 e. The molecule has 2 heterocycles. The van der Waals surface area contributed by atoms with Gasteiger partial charge in [-0.3, -0.25) is 9.59 Å². The minimum absolute atomic E-state index is 0.165. The van der Waals surface area contributed by atoms with Crippen molar-refractivity contribution in [3.63, 3.8) is 0 Å². The fraction of sp³-hybridized carbons (Fsp3) is 0.464. The third kappa shape index (κ3) is 6.23. The fourth-order valence-electron chi connectivity index (χ4n) is 5.27. The zero-order valence-corrected chi connectivity index (χ0v) is 23.9. The monoisotopic (exact) mass is 593 g/mol. The molecule has 7 nitrogen and oxygen atoms in total. The van der Waals surface area contributed by atoms with E-state index in [1.165, 1.54) is 23.3 Å². The number of ketones is 1. The van der Waals surface area contributed by atoms with Crippen LogP contribution in [0.25, 0.3) is 10.2 Å². The lowest BCUT2D eigenvalue weighted by atomic mass is 9.87. The number of halogens is 3. The van der Waals surface area contributed by atoms with Crippen molar-refractivity contribution in [1.29, 1.82) is 0 Å². The molecule has 1 saturated carbocycles. The van der Waals surface area contributed by atoms with Crippen LogP contribution in [-0.4, -0.2) is 53.9 Å². The van der Waals surface area contributed by atoms with Crippen LogP contribution in [0.3, 0.4) is 0 Å². The fourth-order valence-corrected chi connectivity index (χ4v) is 6.70. The number of hydrogen-bond donors (Lipinski definition) is 1. The Kier molecular flexibility index (Phi) is 8.73. The number of rotatable bonds is 9. The highest BCUT2D eigenvalue weighted by atomic mass is 35.5. The van der Waals surface area contributed by atoms with Crippen LogP contribution in [0.5, 0.6) is 0 Å². The summed E-state index contributed by atoms with van der Waals surface area (Å²) in [6.07, 6.45) is 3.09. The van der Waals surface area contributed by atoms with Gasteiger partial charge >= 0.3 is 11.9 Å². The number of fused-ring (bicyclic) bond motifs is 1. The van der Waals surface area contributed by atoms with Crippen LogP contribution in [-0.2, 0) is 25.5 Å². The summed E-state index contributed by atoms with van der Waals surface area (Å²) in [5.74, 6) is -3.64.